The number of carbonyl (C=O) groups excluding carboxylic acids is 1. The summed E-state index contributed by atoms with van der Waals surface area (Å²) in [6.45, 7) is 0. The van der Waals surface area contributed by atoms with Gasteiger partial charge in [0.05, 0.1) is 5.69 Å². The second-order valence-corrected chi connectivity index (χ2v) is 4.48. The molecule has 3 heteroatoms. The van der Waals surface area contributed by atoms with Crippen molar-refractivity contribution in [2.24, 2.45) is 0 Å². The Morgan fingerprint density at radius 3 is 3.00 bits per heavy atom. The molecule has 1 aliphatic carbocycles. The first kappa shape index (κ1) is 10.3. The van der Waals surface area contributed by atoms with Gasteiger partial charge in [-0.05, 0) is 31.7 Å². The van der Waals surface area contributed by atoms with Crippen molar-refractivity contribution >= 4 is 6.29 Å². The normalized spacial score (nSPS) is 14.4. The van der Waals surface area contributed by atoms with Gasteiger partial charge in [-0.2, -0.15) is 5.10 Å². The molecule has 1 heterocycles. The Morgan fingerprint density at radius 1 is 1.24 bits per heavy atom. The number of carbonyl (C=O) groups is 1. The van der Waals surface area contributed by atoms with Gasteiger partial charge in [-0.3, -0.25) is 9.89 Å². The van der Waals surface area contributed by atoms with E-state index >= 15 is 0 Å². The third-order valence-electron chi connectivity index (χ3n) is 3.35. The molecule has 1 aliphatic rings. The van der Waals surface area contributed by atoms with Crippen molar-refractivity contribution in [3.63, 3.8) is 0 Å². The van der Waals surface area contributed by atoms with E-state index in [9.17, 15) is 4.79 Å². The fourth-order valence-electron chi connectivity index (χ4n) is 2.48. The highest BCUT2D eigenvalue weighted by molar-refractivity contribution is 5.78. The molecule has 0 radical (unpaired) electrons. The number of fused-ring (bicyclic) bond motifs is 1. The van der Waals surface area contributed by atoms with E-state index in [4.69, 9.17) is 0 Å². The molecular weight excluding hydrogens is 212 g/mol. The van der Waals surface area contributed by atoms with Crippen LogP contribution in [0.5, 0.6) is 0 Å². The first-order valence-electron chi connectivity index (χ1n) is 6.00. The van der Waals surface area contributed by atoms with Crippen LogP contribution < -0.4 is 0 Å². The second-order valence-electron chi connectivity index (χ2n) is 4.48. The molecule has 1 aromatic carbocycles. The molecular formula is C14H14N2O. The Hall–Kier alpha value is -1.90. The van der Waals surface area contributed by atoms with E-state index in [2.05, 4.69) is 10.2 Å². The monoisotopic (exact) mass is 226 g/mol. The number of aromatic nitrogens is 2. The van der Waals surface area contributed by atoms with Gasteiger partial charge in [0.25, 0.3) is 0 Å². The number of nitrogens with zero attached hydrogens (tertiary/aromatic N) is 1. The number of benzene rings is 1. The summed E-state index contributed by atoms with van der Waals surface area (Å²) in [5.74, 6) is 0. The van der Waals surface area contributed by atoms with Gasteiger partial charge in [0.15, 0.2) is 0 Å². The van der Waals surface area contributed by atoms with Crippen molar-refractivity contribution in [1.82, 2.24) is 10.2 Å². The molecule has 1 N–H and O–H groups in total. The number of H-pyrrole nitrogens is 1. The average Bonchev–Trinajstić information content (AvgIpc) is 2.82. The zero-order valence-corrected chi connectivity index (χ0v) is 9.57. The fourth-order valence-corrected chi connectivity index (χ4v) is 2.48. The molecule has 17 heavy (non-hydrogen) atoms. The van der Waals surface area contributed by atoms with E-state index in [1.807, 2.05) is 24.3 Å². The lowest BCUT2D eigenvalue weighted by Gasteiger charge is -2.11. The average molecular weight is 226 g/mol. The highest BCUT2D eigenvalue weighted by Gasteiger charge is 2.17. The number of aromatic amines is 1. The van der Waals surface area contributed by atoms with Crippen LogP contribution in [0, 0.1) is 0 Å². The summed E-state index contributed by atoms with van der Waals surface area (Å²) in [5.41, 5.74) is 5.36. The molecule has 0 saturated heterocycles. The summed E-state index contributed by atoms with van der Waals surface area (Å²) in [7, 11) is 0. The van der Waals surface area contributed by atoms with Gasteiger partial charge in [0, 0.05) is 22.4 Å². The second kappa shape index (κ2) is 4.17. The molecule has 3 nitrogen and oxygen atoms in total. The topological polar surface area (TPSA) is 45.8 Å². The SMILES string of the molecule is O=Cc1cccc(-c2n[nH]c3c2CCCC3)c1. The van der Waals surface area contributed by atoms with Crippen LogP contribution in [-0.2, 0) is 12.8 Å². The van der Waals surface area contributed by atoms with Crippen LogP contribution in [0.4, 0.5) is 0 Å². The molecule has 2 aromatic rings. The number of aldehydes is 1. The van der Waals surface area contributed by atoms with E-state index in [1.54, 1.807) is 0 Å². The van der Waals surface area contributed by atoms with E-state index in [0.29, 0.717) is 5.56 Å². The maximum absolute atomic E-state index is 10.8. The third-order valence-corrected chi connectivity index (χ3v) is 3.35. The lowest BCUT2D eigenvalue weighted by atomic mass is 9.93. The van der Waals surface area contributed by atoms with Gasteiger partial charge in [0.1, 0.15) is 6.29 Å². The Bertz CT molecular complexity index is 557. The number of rotatable bonds is 2. The lowest BCUT2D eigenvalue weighted by Crippen LogP contribution is -2.01. The predicted octanol–water partition coefficient (Wildman–Crippen LogP) is 2.77. The standard InChI is InChI=1S/C14H14N2O/c17-9-10-4-3-5-11(8-10)14-12-6-1-2-7-13(12)15-16-14/h3-5,8-9H,1-2,6-7H2,(H,15,16). The smallest absolute Gasteiger partial charge is 0.150 e. The molecule has 1 aromatic heterocycles. The largest absolute Gasteiger partial charge is 0.298 e. The number of aryl methyl sites for hydroxylation is 1. The molecule has 0 bridgehead atoms. The van der Waals surface area contributed by atoms with Gasteiger partial charge in [0.2, 0.25) is 0 Å². The summed E-state index contributed by atoms with van der Waals surface area (Å²) in [6, 6.07) is 7.63. The zero-order valence-electron chi connectivity index (χ0n) is 9.57. The first-order chi connectivity index (χ1) is 8.38. The van der Waals surface area contributed by atoms with Crippen molar-refractivity contribution in [3.05, 3.63) is 41.1 Å². The van der Waals surface area contributed by atoms with Crippen LogP contribution in [0.25, 0.3) is 11.3 Å². The molecule has 3 rings (SSSR count). The minimum Gasteiger partial charge on any atom is -0.298 e. The number of nitrogens with one attached hydrogen (secondary N) is 1. The predicted molar refractivity (Wildman–Crippen MR) is 66.1 cm³/mol. The van der Waals surface area contributed by atoms with Gasteiger partial charge in [-0.25, -0.2) is 0 Å². The lowest BCUT2D eigenvalue weighted by molar-refractivity contribution is 0.112. The molecule has 0 aliphatic heterocycles. The number of hydrogen-bond acceptors (Lipinski definition) is 2. The van der Waals surface area contributed by atoms with E-state index < -0.39 is 0 Å². The Labute approximate surface area is 99.9 Å². The van der Waals surface area contributed by atoms with E-state index in [1.165, 1.54) is 24.1 Å². The van der Waals surface area contributed by atoms with Crippen LogP contribution >= 0.6 is 0 Å². The Balaban J connectivity index is 2.08. The van der Waals surface area contributed by atoms with Gasteiger partial charge in [-0.15, -0.1) is 0 Å². The summed E-state index contributed by atoms with van der Waals surface area (Å²) in [4.78, 5) is 10.8. The Kier molecular flexibility index (Phi) is 2.52. The van der Waals surface area contributed by atoms with E-state index in [0.717, 1.165) is 30.4 Å². The molecule has 0 saturated carbocycles. The summed E-state index contributed by atoms with van der Waals surface area (Å²) >= 11 is 0. The van der Waals surface area contributed by atoms with Crippen molar-refractivity contribution in [2.75, 3.05) is 0 Å². The first-order valence-corrected chi connectivity index (χ1v) is 6.00. The van der Waals surface area contributed by atoms with Crippen LogP contribution in [-0.4, -0.2) is 16.5 Å². The van der Waals surface area contributed by atoms with Gasteiger partial charge in [-0.1, -0.05) is 18.2 Å². The van der Waals surface area contributed by atoms with Crippen molar-refractivity contribution in [1.29, 1.82) is 0 Å². The maximum atomic E-state index is 10.8. The summed E-state index contributed by atoms with van der Waals surface area (Å²) < 4.78 is 0. The molecule has 0 amide bonds. The van der Waals surface area contributed by atoms with Gasteiger partial charge >= 0.3 is 0 Å². The van der Waals surface area contributed by atoms with Crippen molar-refractivity contribution < 1.29 is 4.79 Å². The van der Waals surface area contributed by atoms with Crippen LogP contribution in [0.3, 0.4) is 0 Å². The molecule has 0 atom stereocenters. The number of hydrogen-bond donors (Lipinski definition) is 1. The third kappa shape index (κ3) is 1.78. The van der Waals surface area contributed by atoms with Crippen LogP contribution in [0.2, 0.25) is 0 Å². The van der Waals surface area contributed by atoms with Crippen LogP contribution in [0.15, 0.2) is 24.3 Å². The fraction of sp³-hybridized carbons (Fsp3) is 0.286. The highest BCUT2D eigenvalue weighted by atomic mass is 16.1. The quantitative estimate of drug-likeness (QED) is 0.800. The zero-order chi connectivity index (χ0) is 11.7. The Morgan fingerprint density at radius 2 is 2.12 bits per heavy atom. The maximum Gasteiger partial charge on any atom is 0.150 e. The minimum absolute atomic E-state index is 0.704. The van der Waals surface area contributed by atoms with Gasteiger partial charge < -0.3 is 0 Å². The summed E-state index contributed by atoms with van der Waals surface area (Å²) in [6.07, 6.45) is 5.53. The molecule has 0 spiro atoms. The van der Waals surface area contributed by atoms with Crippen LogP contribution in [0.1, 0.15) is 34.5 Å². The molecule has 86 valence electrons. The summed E-state index contributed by atoms with van der Waals surface area (Å²) in [5, 5.41) is 7.53. The van der Waals surface area contributed by atoms with Crippen molar-refractivity contribution in [3.8, 4) is 11.3 Å². The molecule has 0 fully saturated rings. The minimum atomic E-state index is 0.704. The van der Waals surface area contributed by atoms with E-state index in [-0.39, 0.29) is 0 Å². The van der Waals surface area contributed by atoms with Crippen molar-refractivity contribution in [2.45, 2.75) is 25.7 Å². The molecule has 0 unspecified atom stereocenters. The highest BCUT2D eigenvalue weighted by Crippen LogP contribution is 2.29.